The number of rotatable bonds is 8. The van der Waals surface area contributed by atoms with Crippen molar-refractivity contribution in [3.8, 4) is 0 Å². The molecule has 2 aliphatic heterocycles. The van der Waals surface area contributed by atoms with Crippen molar-refractivity contribution in [1.29, 1.82) is 0 Å². The minimum absolute atomic E-state index is 0.0884. The molecule has 0 radical (unpaired) electrons. The van der Waals surface area contributed by atoms with Gasteiger partial charge in [-0.2, -0.15) is 4.31 Å². The summed E-state index contributed by atoms with van der Waals surface area (Å²) in [6, 6.07) is 3.68. The predicted molar refractivity (Wildman–Crippen MR) is 113 cm³/mol. The number of amides is 1. The Hall–Kier alpha value is -1.71. The minimum Gasteiger partial charge on any atom is -0.367 e. The SMILES string of the molecule is CCCNC(=O)CN1CCC(Nc2ccc(S(=O)(=O)N3CCCCC3)cn2)CC1. The van der Waals surface area contributed by atoms with Gasteiger partial charge in [0.2, 0.25) is 15.9 Å². The fourth-order valence-corrected chi connectivity index (χ4v) is 5.30. The minimum atomic E-state index is -3.44. The van der Waals surface area contributed by atoms with Crippen LogP contribution in [0.4, 0.5) is 5.82 Å². The maximum absolute atomic E-state index is 12.7. The molecule has 2 aliphatic rings. The third-order valence-corrected chi connectivity index (χ3v) is 7.45. The van der Waals surface area contributed by atoms with Crippen molar-refractivity contribution >= 4 is 21.7 Å². The summed E-state index contributed by atoms with van der Waals surface area (Å²) < 4.78 is 27.0. The number of piperidine rings is 2. The fraction of sp³-hybridized carbons (Fsp3) is 0.700. The first-order chi connectivity index (χ1) is 14.0. The molecule has 2 fully saturated rings. The zero-order chi connectivity index (χ0) is 20.7. The van der Waals surface area contributed by atoms with Crippen LogP contribution in [0.1, 0.15) is 45.4 Å². The molecule has 2 saturated heterocycles. The summed E-state index contributed by atoms with van der Waals surface area (Å²) >= 11 is 0. The number of carbonyl (C=O) groups excluding carboxylic acids is 1. The molecule has 162 valence electrons. The van der Waals surface area contributed by atoms with Crippen molar-refractivity contribution in [2.24, 2.45) is 0 Å². The summed E-state index contributed by atoms with van der Waals surface area (Å²) in [5.41, 5.74) is 0. The van der Waals surface area contributed by atoms with Gasteiger partial charge in [0, 0.05) is 45.0 Å². The van der Waals surface area contributed by atoms with Crippen LogP contribution in [0.5, 0.6) is 0 Å². The first kappa shape index (κ1) is 22.0. The second-order valence-corrected chi connectivity index (χ2v) is 9.83. The largest absolute Gasteiger partial charge is 0.367 e. The molecule has 0 saturated carbocycles. The highest BCUT2D eigenvalue weighted by molar-refractivity contribution is 7.89. The van der Waals surface area contributed by atoms with E-state index < -0.39 is 10.0 Å². The molecule has 9 heteroatoms. The monoisotopic (exact) mass is 423 g/mol. The Labute approximate surface area is 174 Å². The van der Waals surface area contributed by atoms with E-state index in [1.807, 2.05) is 6.92 Å². The van der Waals surface area contributed by atoms with Gasteiger partial charge in [0.05, 0.1) is 6.54 Å². The number of anilines is 1. The standard InChI is InChI=1S/C20H33N5O3S/c1-2-10-21-20(26)16-24-13-8-17(9-14-24)23-19-7-6-18(15-22-19)29(27,28)25-11-4-3-5-12-25/h6-7,15,17H,2-5,8-14,16H2,1H3,(H,21,26)(H,22,23). The molecule has 0 spiro atoms. The molecule has 1 aromatic rings. The quantitative estimate of drug-likeness (QED) is 0.660. The smallest absolute Gasteiger partial charge is 0.244 e. The van der Waals surface area contributed by atoms with Gasteiger partial charge in [0.1, 0.15) is 10.7 Å². The molecule has 1 amide bonds. The molecule has 0 bridgehead atoms. The van der Waals surface area contributed by atoms with Gasteiger partial charge in [0.15, 0.2) is 0 Å². The molecular weight excluding hydrogens is 390 g/mol. The summed E-state index contributed by atoms with van der Waals surface area (Å²) in [7, 11) is -3.44. The van der Waals surface area contributed by atoms with E-state index in [1.165, 1.54) is 6.20 Å². The van der Waals surface area contributed by atoms with Crippen molar-refractivity contribution in [3.05, 3.63) is 18.3 Å². The van der Waals surface area contributed by atoms with Gasteiger partial charge in [-0.1, -0.05) is 13.3 Å². The number of hydrogen-bond donors (Lipinski definition) is 2. The van der Waals surface area contributed by atoms with Gasteiger partial charge in [-0.05, 0) is 44.2 Å². The average Bonchev–Trinajstić information content (AvgIpc) is 2.75. The second-order valence-electron chi connectivity index (χ2n) is 7.89. The van der Waals surface area contributed by atoms with Gasteiger partial charge < -0.3 is 10.6 Å². The molecule has 8 nitrogen and oxygen atoms in total. The number of pyridine rings is 1. The van der Waals surface area contributed by atoms with Gasteiger partial charge in [0.25, 0.3) is 0 Å². The van der Waals surface area contributed by atoms with E-state index in [4.69, 9.17) is 0 Å². The van der Waals surface area contributed by atoms with E-state index in [1.54, 1.807) is 16.4 Å². The topological polar surface area (TPSA) is 94.6 Å². The maximum Gasteiger partial charge on any atom is 0.244 e. The number of nitrogens with zero attached hydrogens (tertiary/aromatic N) is 3. The number of aromatic nitrogens is 1. The number of sulfonamides is 1. The first-order valence-electron chi connectivity index (χ1n) is 10.7. The van der Waals surface area contributed by atoms with Crippen LogP contribution in [0.3, 0.4) is 0 Å². The van der Waals surface area contributed by atoms with Crippen molar-refractivity contribution in [3.63, 3.8) is 0 Å². The van der Waals surface area contributed by atoms with Crippen LogP contribution in [0.25, 0.3) is 0 Å². The molecule has 0 atom stereocenters. The van der Waals surface area contributed by atoms with E-state index >= 15 is 0 Å². The van der Waals surface area contributed by atoms with Crippen molar-refractivity contribution in [2.75, 3.05) is 44.6 Å². The number of hydrogen-bond acceptors (Lipinski definition) is 6. The lowest BCUT2D eigenvalue weighted by atomic mass is 10.1. The second kappa shape index (κ2) is 10.4. The van der Waals surface area contributed by atoms with E-state index in [2.05, 4.69) is 20.5 Å². The number of likely N-dealkylation sites (tertiary alicyclic amines) is 1. The van der Waals surface area contributed by atoms with E-state index in [0.29, 0.717) is 25.5 Å². The first-order valence-corrected chi connectivity index (χ1v) is 12.1. The molecule has 0 unspecified atom stereocenters. The molecule has 1 aromatic heterocycles. The Morgan fingerprint density at radius 2 is 1.86 bits per heavy atom. The van der Waals surface area contributed by atoms with Gasteiger partial charge in [-0.3, -0.25) is 9.69 Å². The van der Waals surface area contributed by atoms with E-state index in [9.17, 15) is 13.2 Å². The lowest BCUT2D eigenvalue weighted by Crippen LogP contribution is -2.44. The molecular formula is C20H33N5O3S. The summed E-state index contributed by atoms with van der Waals surface area (Å²) in [6.07, 6.45) is 7.20. The van der Waals surface area contributed by atoms with Crippen LogP contribution in [0.2, 0.25) is 0 Å². The van der Waals surface area contributed by atoms with Gasteiger partial charge in [-0.15, -0.1) is 0 Å². The van der Waals surface area contributed by atoms with Gasteiger partial charge in [-0.25, -0.2) is 13.4 Å². The highest BCUT2D eigenvalue weighted by Crippen LogP contribution is 2.21. The highest BCUT2D eigenvalue weighted by Gasteiger charge is 2.26. The van der Waals surface area contributed by atoms with Crippen molar-refractivity contribution < 1.29 is 13.2 Å². The summed E-state index contributed by atoms with van der Waals surface area (Å²) in [5, 5.41) is 6.31. The van der Waals surface area contributed by atoms with Crippen LogP contribution >= 0.6 is 0 Å². The van der Waals surface area contributed by atoms with Crippen LogP contribution in [-0.4, -0.2) is 73.8 Å². The summed E-state index contributed by atoms with van der Waals surface area (Å²) in [5.74, 6) is 0.784. The Morgan fingerprint density at radius 3 is 2.48 bits per heavy atom. The number of nitrogens with one attached hydrogen (secondary N) is 2. The third kappa shape index (κ3) is 6.13. The lowest BCUT2D eigenvalue weighted by molar-refractivity contribution is -0.122. The zero-order valence-corrected chi connectivity index (χ0v) is 18.1. The van der Waals surface area contributed by atoms with Crippen LogP contribution in [0.15, 0.2) is 23.2 Å². The van der Waals surface area contributed by atoms with E-state index in [-0.39, 0.29) is 16.8 Å². The van der Waals surface area contributed by atoms with Gasteiger partial charge >= 0.3 is 0 Å². The fourth-order valence-electron chi connectivity index (χ4n) is 3.84. The predicted octanol–water partition coefficient (Wildman–Crippen LogP) is 1.66. The van der Waals surface area contributed by atoms with Crippen LogP contribution in [-0.2, 0) is 14.8 Å². The number of carbonyl (C=O) groups is 1. The Morgan fingerprint density at radius 1 is 1.14 bits per heavy atom. The van der Waals surface area contributed by atoms with Crippen molar-refractivity contribution in [1.82, 2.24) is 19.5 Å². The Balaban J connectivity index is 1.47. The summed E-state index contributed by atoms with van der Waals surface area (Å²) in [4.78, 5) is 18.6. The molecule has 29 heavy (non-hydrogen) atoms. The third-order valence-electron chi connectivity index (χ3n) is 5.57. The van der Waals surface area contributed by atoms with Crippen LogP contribution < -0.4 is 10.6 Å². The average molecular weight is 424 g/mol. The van der Waals surface area contributed by atoms with Crippen LogP contribution in [0, 0.1) is 0 Å². The molecule has 0 aliphatic carbocycles. The Kier molecular flexibility index (Phi) is 7.85. The van der Waals surface area contributed by atoms with E-state index in [0.717, 1.165) is 58.2 Å². The molecule has 2 N–H and O–H groups in total. The molecule has 3 rings (SSSR count). The maximum atomic E-state index is 12.7. The van der Waals surface area contributed by atoms with Crippen molar-refractivity contribution in [2.45, 2.75) is 56.4 Å². The lowest BCUT2D eigenvalue weighted by Gasteiger charge is -2.32. The highest BCUT2D eigenvalue weighted by atomic mass is 32.2. The molecule has 3 heterocycles. The normalized spacial score (nSPS) is 19.8. The molecule has 0 aromatic carbocycles. The Bertz CT molecular complexity index is 755. The zero-order valence-electron chi connectivity index (χ0n) is 17.3. The summed E-state index contributed by atoms with van der Waals surface area (Å²) in [6.45, 7) is 6.13.